The molecule has 1 aliphatic rings. The summed E-state index contributed by atoms with van der Waals surface area (Å²) < 4.78 is 26.5. The fraction of sp³-hybridized carbons (Fsp3) is 0.421. The molecule has 6 nitrogen and oxygen atoms in total. The van der Waals surface area contributed by atoms with E-state index in [2.05, 4.69) is 30.1 Å². The van der Waals surface area contributed by atoms with Crippen LogP contribution in [0.2, 0.25) is 0 Å². The Balaban J connectivity index is 1.53. The number of guanidine groups is 1. The Bertz CT molecular complexity index is 775. The van der Waals surface area contributed by atoms with Gasteiger partial charge >= 0.3 is 0 Å². The number of halogens is 2. The minimum absolute atomic E-state index is 0.0239. The number of nitrogens with zero attached hydrogens (tertiary/aromatic N) is 5. The second kappa shape index (κ2) is 8.75. The lowest BCUT2D eigenvalue weighted by Gasteiger charge is -2.36. The maximum atomic E-state index is 13.4. The van der Waals surface area contributed by atoms with E-state index >= 15 is 0 Å². The van der Waals surface area contributed by atoms with Crippen molar-refractivity contribution in [3.63, 3.8) is 0 Å². The summed E-state index contributed by atoms with van der Waals surface area (Å²) in [5.41, 5.74) is 0.753. The quantitative estimate of drug-likeness (QED) is 0.657. The predicted molar refractivity (Wildman–Crippen MR) is 102 cm³/mol. The molecule has 1 atom stereocenters. The molecule has 0 spiro atoms. The van der Waals surface area contributed by atoms with E-state index < -0.39 is 11.6 Å². The van der Waals surface area contributed by atoms with Crippen LogP contribution in [-0.2, 0) is 0 Å². The lowest BCUT2D eigenvalue weighted by molar-refractivity contribution is 0.369. The SMILES string of the molecule is CN=C(NCC(C)c1ccc(F)c(F)c1)N1CCN(c2ncccn2)CC1. The Morgan fingerprint density at radius 3 is 2.48 bits per heavy atom. The molecule has 1 fully saturated rings. The maximum absolute atomic E-state index is 13.4. The Hall–Kier alpha value is -2.77. The Morgan fingerprint density at radius 1 is 1.15 bits per heavy atom. The largest absolute Gasteiger partial charge is 0.356 e. The van der Waals surface area contributed by atoms with E-state index in [1.54, 1.807) is 31.6 Å². The third kappa shape index (κ3) is 4.69. The van der Waals surface area contributed by atoms with Crippen LogP contribution in [0, 0.1) is 11.6 Å². The zero-order valence-electron chi connectivity index (χ0n) is 15.6. The van der Waals surface area contributed by atoms with Crippen molar-refractivity contribution in [1.29, 1.82) is 0 Å². The summed E-state index contributed by atoms with van der Waals surface area (Å²) >= 11 is 0. The lowest BCUT2D eigenvalue weighted by Crippen LogP contribution is -2.53. The first-order valence-corrected chi connectivity index (χ1v) is 9.01. The Labute approximate surface area is 158 Å². The van der Waals surface area contributed by atoms with Crippen LogP contribution in [0.4, 0.5) is 14.7 Å². The van der Waals surface area contributed by atoms with Crippen molar-refractivity contribution in [1.82, 2.24) is 20.2 Å². The zero-order chi connectivity index (χ0) is 19.2. The van der Waals surface area contributed by atoms with Gasteiger partial charge in [-0.1, -0.05) is 13.0 Å². The zero-order valence-corrected chi connectivity index (χ0v) is 15.6. The standard InChI is InChI=1S/C19H24F2N6/c1-14(15-4-5-16(20)17(21)12-15)13-25-18(22-2)26-8-10-27(11-9-26)19-23-6-3-7-24-19/h3-7,12,14H,8-11,13H2,1-2H3,(H,22,25). The van der Waals surface area contributed by atoms with Crippen LogP contribution in [0.5, 0.6) is 0 Å². The molecule has 0 bridgehead atoms. The van der Waals surface area contributed by atoms with Gasteiger partial charge in [-0.25, -0.2) is 18.7 Å². The van der Waals surface area contributed by atoms with Crippen molar-refractivity contribution in [2.24, 2.45) is 4.99 Å². The van der Waals surface area contributed by atoms with Gasteiger partial charge in [-0.2, -0.15) is 0 Å². The molecule has 1 aromatic heterocycles. The van der Waals surface area contributed by atoms with Gasteiger partial charge in [0, 0.05) is 52.2 Å². The van der Waals surface area contributed by atoms with Crippen molar-refractivity contribution in [2.45, 2.75) is 12.8 Å². The molecule has 1 saturated heterocycles. The van der Waals surface area contributed by atoms with Crippen LogP contribution in [0.15, 0.2) is 41.7 Å². The van der Waals surface area contributed by atoms with Gasteiger partial charge in [0.05, 0.1) is 0 Å². The van der Waals surface area contributed by atoms with E-state index in [1.807, 2.05) is 6.92 Å². The number of anilines is 1. The lowest BCUT2D eigenvalue weighted by atomic mass is 10.0. The second-order valence-electron chi connectivity index (χ2n) is 6.53. The summed E-state index contributed by atoms with van der Waals surface area (Å²) in [4.78, 5) is 17.3. The summed E-state index contributed by atoms with van der Waals surface area (Å²) in [6.45, 7) is 5.78. The monoisotopic (exact) mass is 374 g/mol. The van der Waals surface area contributed by atoms with Gasteiger partial charge in [0.25, 0.3) is 0 Å². The molecule has 0 amide bonds. The summed E-state index contributed by atoms with van der Waals surface area (Å²) in [7, 11) is 1.75. The van der Waals surface area contributed by atoms with E-state index in [4.69, 9.17) is 0 Å². The fourth-order valence-corrected chi connectivity index (χ4v) is 3.09. The highest BCUT2D eigenvalue weighted by Gasteiger charge is 2.21. The van der Waals surface area contributed by atoms with Gasteiger partial charge in [-0.3, -0.25) is 4.99 Å². The van der Waals surface area contributed by atoms with Gasteiger partial charge in [0.2, 0.25) is 5.95 Å². The number of hydrogen-bond donors (Lipinski definition) is 1. The molecule has 144 valence electrons. The molecule has 0 aliphatic carbocycles. The fourth-order valence-electron chi connectivity index (χ4n) is 3.09. The van der Waals surface area contributed by atoms with Crippen molar-refractivity contribution >= 4 is 11.9 Å². The van der Waals surface area contributed by atoms with Crippen LogP contribution in [0.1, 0.15) is 18.4 Å². The van der Waals surface area contributed by atoms with Crippen LogP contribution < -0.4 is 10.2 Å². The highest BCUT2D eigenvalue weighted by Crippen LogP contribution is 2.17. The number of nitrogens with one attached hydrogen (secondary N) is 1. The molecule has 0 saturated carbocycles. The minimum atomic E-state index is -0.824. The first kappa shape index (κ1) is 19.0. The Morgan fingerprint density at radius 2 is 1.85 bits per heavy atom. The molecule has 27 heavy (non-hydrogen) atoms. The van der Waals surface area contributed by atoms with E-state index in [0.717, 1.165) is 43.7 Å². The molecule has 0 radical (unpaired) electrons. The smallest absolute Gasteiger partial charge is 0.225 e. The van der Waals surface area contributed by atoms with Gasteiger partial charge in [0.15, 0.2) is 17.6 Å². The second-order valence-corrected chi connectivity index (χ2v) is 6.53. The average Bonchev–Trinajstić information content (AvgIpc) is 2.71. The molecule has 1 N–H and O–H groups in total. The number of benzene rings is 1. The first-order valence-electron chi connectivity index (χ1n) is 9.01. The van der Waals surface area contributed by atoms with Crippen molar-refractivity contribution in [3.05, 3.63) is 53.9 Å². The van der Waals surface area contributed by atoms with Crippen LogP contribution in [0.3, 0.4) is 0 Å². The molecular weight excluding hydrogens is 350 g/mol. The topological polar surface area (TPSA) is 56.7 Å². The summed E-state index contributed by atoms with van der Waals surface area (Å²) in [6.07, 6.45) is 3.49. The van der Waals surface area contributed by atoms with Crippen LogP contribution in [-0.4, -0.2) is 60.6 Å². The number of hydrogen-bond acceptors (Lipinski definition) is 4. The molecule has 1 unspecified atom stereocenters. The van der Waals surface area contributed by atoms with Gasteiger partial charge < -0.3 is 15.1 Å². The number of rotatable bonds is 4. The normalized spacial score (nSPS) is 16.4. The third-order valence-electron chi connectivity index (χ3n) is 4.71. The third-order valence-corrected chi connectivity index (χ3v) is 4.71. The molecular formula is C19H24F2N6. The molecule has 2 aromatic rings. The molecule has 8 heteroatoms. The van der Waals surface area contributed by atoms with Gasteiger partial charge in [0.1, 0.15) is 0 Å². The van der Waals surface area contributed by atoms with Crippen molar-refractivity contribution < 1.29 is 8.78 Å². The van der Waals surface area contributed by atoms with E-state index in [0.29, 0.717) is 6.54 Å². The molecule has 1 aromatic carbocycles. The molecule has 2 heterocycles. The molecule has 1 aliphatic heterocycles. The minimum Gasteiger partial charge on any atom is -0.356 e. The van der Waals surface area contributed by atoms with Crippen molar-refractivity contribution in [3.8, 4) is 0 Å². The highest BCUT2D eigenvalue weighted by atomic mass is 19.2. The van der Waals surface area contributed by atoms with E-state index in [1.165, 1.54) is 12.1 Å². The predicted octanol–water partition coefficient (Wildman–Crippen LogP) is 2.26. The maximum Gasteiger partial charge on any atom is 0.225 e. The molecule has 3 rings (SSSR count). The number of aliphatic imine (C=N–C) groups is 1. The van der Waals surface area contributed by atoms with Crippen molar-refractivity contribution in [2.75, 3.05) is 44.7 Å². The van der Waals surface area contributed by atoms with E-state index in [-0.39, 0.29) is 5.92 Å². The Kier molecular flexibility index (Phi) is 6.16. The first-order chi connectivity index (χ1) is 13.1. The van der Waals surface area contributed by atoms with Crippen LogP contribution in [0.25, 0.3) is 0 Å². The van der Waals surface area contributed by atoms with E-state index in [9.17, 15) is 8.78 Å². The average molecular weight is 374 g/mol. The van der Waals surface area contributed by atoms with Gasteiger partial charge in [-0.05, 0) is 29.7 Å². The summed E-state index contributed by atoms with van der Waals surface area (Å²) in [6, 6.07) is 5.84. The number of aromatic nitrogens is 2. The van der Waals surface area contributed by atoms with Crippen LogP contribution >= 0.6 is 0 Å². The number of piperazine rings is 1. The summed E-state index contributed by atoms with van der Waals surface area (Å²) in [5, 5.41) is 3.34. The summed E-state index contributed by atoms with van der Waals surface area (Å²) in [5.74, 6) is -0.0704. The van der Waals surface area contributed by atoms with Gasteiger partial charge in [-0.15, -0.1) is 0 Å². The highest BCUT2D eigenvalue weighted by molar-refractivity contribution is 5.80.